The Bertz CT molecular complexity index is 1200. The van der Waals surface area contributed by atoms with E-state index in [9.17, 15) is 4.79 Å². The second kappa shape index (κ2) is 11.0. The van der Waals surface area contributed by atoms with E-state index in [2.05, 4.69) is 77.9 Å². The number of hydrogen-bond donors (Lipinski definition) is 1. The quantitative estimate of drug-likeness (QED) is 0.341. The zero-order chi connectivity index (χ0) is 23.0. The molecule has 0 aliphatic carbocycles. The van der Waals surface area contributed by atoms with Gasteiger partial charge in [-0.25, -0.2) is 0 Å². The van der Waals surface area contributed by atoms with E-state index in [1.165, 1.54) is 16.7 Å². The number of benzene rings is 3. The van der Waals surface area contributed by atoms with Crippen molar-refractivity contribution in [2.24, 2.45) is 0 Å². The summed E-state index contributed by atoms with van der Waals surface area (Å²) in [4.78, 5) is 12.5. The molecule has 1 N–H and O–H groups in total. The summed E-state index contributed by atoms with van der Waals surface area (Å²) in [5.74, 6) is 1.53. The minimum absolute atomic E-state index is 0.00581. The lowest BCUT2D eigenvalue weighted by molar-refractivity contribution is -0.121. The maximum atomic E-state index is 12.5. The van der Waals surface area contributed by atoms with Crippen LogP contribution < -0.4 is 5.32 Å². The molecule has 0 fully saturated rings. The van der Waals surface area contributed by atoms with Crippen LogP contribution in [0.4, 0.5) is 0 Å². The average Bonchev–Trinajstić information content (AvgIpc) is 3.24. The van der Waals surface area contributed by atoms with Crippen molar-refractivity contribution in [3.63, 3.8) is 0 Å². The summed E-state index contributed by atoms with van der Waals surface area (Å²) in [6, 6.07) is 26.8. The van der Waals surface area contributed by atoms with Gasteiger partial charge in [-0.05, 0) is 43.5 Å². The van der Waals surface area contributed by atoms with Crippen LogP contribution in [-0.2, 0) is 23.5 Å². The fourth-order valence-corrected chi connectivity index (χ4v) is 4.49. The van der Waals surface area contributed by atoms with E-state index < -0.39 is 0 Å². The number of carbonyl (C=O) groups is 1. The number of aromatic nitrogens is 3. The van der Waals surface area contributed by atoms with Crippen molar-refractivity contribution in [1.82, 2.24) is 20.1 Å². The van der Waals surface area contributed by atoms with E-state index in [-0.39, 0.29) is 5.91 Å². The number of carbonyl (C=O) groups excluding carboxylic acids is 1. The molecule has 0 radical (unpaired) electrons. The number of rotatable bonds is 9. The molecule has 0 atom stereocenters. The van der Waals surface area contributed by atoms with Gasteiger partial charge in [0.25, 0.3) is 0 Å². The highest BCUT2D eigenvalue weighted by Crippen LogP contribution is 2.26. The second-order valence-electron chi connectivity index (χ2n) is 8.11. The van der Waals surface area contributed by atoms with Crippen LogP contribution in [-0.4, -0.2) is 20.7 Å². The van der Waals surface area contributed by atoms with Crippen molar-refractivity contribution in [1.29, 1.82) is 0 Å². The summed E-state index contributed by atoms with van der Waals surface area (Å²) < 4.78 is 2.04. The molecule has 6 heteroatoms. The molecular weight excluding hydrogens is 428 g/mol. The molecule has 4 rings (SSSR count). The number of nitrogens with one attached hydrogen (secondary N) is 1. The summed E-state index contributed by atoms with van der Waals surface area (Å²) in [6.45, 7) is 4.50. The third-order valence-electron chi connectivity index (χ3n) is 5.37. The van der Waals surface area contributed by atoms with Crippen molar-refractivity contribution in [2.45, 2.75) is 44.1 Å². The topological polar surface area (TPSA) is 59.8 Å². The fourth-order valence-electron chi connectivity index (χ4n) is 3.58. The van der Waals surface area contributed by atoms with Gasteiger partial charge in [0.1, 0.15) is 0 Å². The lowest BCUT2D eigenvalue weighted by Crippen LogP contribution is -2.24. The van der Waals surface area contributed by atoms with E-state index in [1.54, 1.807) is 11.8 Å². The largest absolute Gasteiger partial charge is 0.349 e. The number of nitrogens with zero attached hydrogens (tertiary/aromatic N) is 3. The smallest absolute Gasteiger partial charge is 0.220 e. The molecule has 5 nitrogen and oxygen atoms in total. The molecule has 33 heavy (non-hydrogen) atoms. The van der Waals surface area contributed by atoms with E-state index in [4.69, 9.17) is 0 Å². The lowest BCUT2D eigenvalue weighted by atomic mass is 10.1. The molecule has 0 aliphatic heterocycles. The zero-order valence-electron chi connectivity index (χ0n) is 19.0. The minimum atomic E-state index is 0.00581. The van der Waals surface area contributed by atoms with Gasteiger partial charge in [0, 0.05) is 17.9 Å². The van der Waals surface area contributed by atoms with Gasteiger partial charge in [0.2, 0.25) is 5.91 Å². The Balaban J connectivity index is 1.47. The first-order valence-corrected chi connectivity index (χ1v) is 12.1. The lowest BCUT2D eigenvalue weighted by Gasteiger charge is -2.12. The Kier molecular flexibility index (Phi) is 7.58. The van der Waals surface area contributed by atoms with Crippen molar-refractivity contribution in [2.75, 3.05) is 0 Å². The summed E-state index contributed by atoms with van der Waals surface area (Å²) in [6.07, 6.45) is 1.16. The summed E-state index contributed by atoms with van der Waals surface area (Å²) in [5.41, 5.74) is 5.83. The highest BCUT2D eigenvalue weighted by atomic mass is 32.2. The molecule has 0 spiro atoms. The second-order valence-corrected chi connectivity index (χ2v) is 9.05. The molecule has 0 aliphatic rings. The van der Waals surface area contributed by atoms with E-state index in [0.717, 1.165) is 34.4 Å². The molecule has 1 amide bonds. The zero-order valence-corrected chi connectivity index (χ0v) is 19.8. The molecule has 0 saturated carbocycles. The van der Waals surface area contributed by atoms with E-state index in [0.29, 0.717) is 13.0 Å². The summed E-state index contributed by atoms with van der Waals surface area (Å²) in [7, 11) is 0. The maximum Gasteiger partial charge on any atom is 0.220 e. The van der Waals surface area contributed by atoms with Crippen molar-refractivity contribution < 1.29 is 4.79 Å². The Morgan fingerprint density at radius 2 is 1.64 bits per heavy atom. The van der Waals surface area contributed by atoms with Crippen LogP contribution in [0.25, 0.3) is 5.69 Å². The van der Waals surface area contributed by atoms with Gasteiger partial charge in [-0.1, -0.05) is 89.6 Å². The Hall–Kier alpha value is -3.38. The summed E-state index contributed by atoms with van der Waals surface area (Å²) in [5, 5.41) is 12.7. The fraction of sp³-hybridized carbons (Fsp3) is 0.222. The average molecular weight is 457 g/mol. The first-order valence-electron chi connectivity index (χ1n) is 11.1. The van der Waals surface area contributed by atoms with Gasteiger partial charge >= 0.3 is 0 Å². The molecule has 1 aromatic heterocycles. The van der Waals surface area contributed by atoms with Gasteiger partial charge < -0.3 is 5.32 Å². The minimum Gasteiger partial charge on any atom is -0.349 e. The Morgan fingerprint density at radius 3 is 2.39 bits per heavy atom. The van der Waals surface area contributed by atoms with Crippen LogP contribution in [0.15, 0.2) is 84.0 Å². The van der Waals surface area contributed by atoms with Crippen molar-refractivity contribution in [3.8, 4) is 5.69 Å². The third kappa shape index (κ3) is 6.33. The van der Waals surface area contributed by atoms with Crippen LogP contribution in [0.5, 0.6) is 0 Å². The van der Waals surface area contributed by atoms with Gasteiger partial charge in [-0.15, -0.1) is 10.2 Å². The van der Waals surface area contributed by atoms with Crippen LogP contribution in [0.2, 0.25) is 0 Å². The van der Waals surface area contributed by atoms with Crippen LogP contribution in [0, 0.1) is 13.8 Å². The normalized spacial score (nSPS) is 10.8. The first-order chi connectivity index (χ1) is 16.1. The highest BCUT2D eigenvalue weighted by molar-refractivity contribution is 7.98. The molecule has 168 valence electrons. The van der Waals surface area contributed by atoms with Gasteiger partial charge in [-0.2, -0.15) is 0 Å². The van der Waals surface area contributed by atoms with Crippen LogP contribution in [0.1, 0.15) is 34.5 Å². The molecule has 0 saturated heterocycles. The molecule has 4 aromatic rings. The SMILES string of the molecule is Cc1ccc(-n2c(CNC(=O)CCc3ccccc3)nnc2SCc2cccc(C)c2)cc1. The predicted octanol–water partition coefficient (Wildman–Crippen LogP) is 5.43. The molecule has 1 heterocycles. The Morgan fingerprint density at radius 1 is 0.879 bits per heavy atom. The third-order valence-corrected chi connectivity index (χ3v) is 6.37. The van der Waals surface area contributed by atoms with Crippen molar-refractivity contribution in [3.05, 3.63) is 107 Å². The number of amides is 1. The number of thioether (sulfide) groups is 1. The van der Waals surface area contributed by atoms with Crippen LogP contribution >= 0.6 is 11.8 Å². The molecule has 0 unspecified atom stereocenters. The molecule has 3 aromatic carbocycles. The monoisotopic (exact) mass is 456 g/mol. The van der Waals surface area contributed by atoms with Gasteiger partial charge in [-0.3, -0.25) is 9.36 Å². The van der Waals surface area contributed by atoms with Gasteiger partial charge in [0.05, 0.1) is 6.54 Å². The Labute approximate surface area is 199 Å². The maximum absolute atomic E-state index is 12.5. The number of aryl methyl sites for hydroxylation is 3. The molecule has 0 bridgehead atoms. The molecular formula is C27H28N4OS. The van der Waals surface area contributed by atoms with E-state index in [1.807, 2.05) is 34.9 Å². The number of hydrogen-bond acceptors (Lipinski definition) is 4. The first kappa shape index (κ1) is 22.8. The standard InChI is InChI=1S/C27H28N4OS/c1-20-11-14-24(15-12-20)31-25(18-28-26(32)16-13-22-8-4-3-5-9-22)29-30-27(31)33-19-23-10-6-7-21(2)17-23/h3-12,14-15,17H,13,16,18-19H2,1-2H3,(H,28,32). The summed E-state index contributed by atoms with van der Waals surface area (Å²) >= 11 is 1.65. The van der Waals surface area contributed by atoms with Crippen molar-refractivity contribution >= 4 is 17.7 Å². The predicted molar refractivity (Wildman–Crippen MR) is 133 cm³/mol. The van der Waals surface area contributed by atoms with Gasteiger partial charge in [0.15, 0.2) is 11.0 Å². The van der Waals surface area contributed by atoms with Crippen LogP contribution in [0.3, 0.4) is 0 Å². The highest BCUT2D eigenvalue weighted by Gasteiger charge is 2.15. The van der Waals surface area contributed by atoms with E-state index >= 15 is 0 Å².